The molecule has 0 aliphatic heterocycles. The SMILES string of the molecule is COc1ccc2c(c1OC)CCC2N[C@@H]1C[C@H]1c1ccc(OCc2ccccc2)cc1. The molecule has 5 rings (SSSR count). The predicted molar refractivity (Wildman–Crippen MR) is 122 cm³/mol. The lowest BCUT2D eigenvalue weighted by Crippen LogP contribution is -2.22. The van der Waals surface area contributed by atoms with Crippen LogP contribution in [0.4, 0.5) is 0 Å². The molecule has 160 valence electrons. The van der Waals surface area contributed by atoms with E-state index in [0.29, 0.717) is 24.6 Å². The average molecular weight is 416 g/mol. The quantitative estimate of drug-likeness (QED) is 0.534. The number of benzene rings is 3. The smallest absolute Gasteiger partial charge is 0.164 e. The molecule has 4 heteroatoms. The monoisotopic (exact) mass is 415 g/mol. The first-order chi connectivity index (χ1) is 15.3. The molecule has 1 fully saturated rings. The molecule has 0 saturated heterocycles. The molecule has 4 nitrogen and oxygen atoms in total. The largest absolute Gasteiger partial charge is 0.493 e. The Morgan fingerprint density at radius 2 is 1.71 bits per heavy atom. The third-order valence-corrected chi connectivity index (χ3v) is 6.51. The van der Waals surface area contributed by atoms with Crippen molar-refractivity contribution in [2.24, 2.45) is 0 Å². The van der Waals surface area contributed by atoms with Crippen molar-refractivity contribution in [3.8, 4) is 17.2 Å². The van der Waals surface area contributed by atoms with Gasteiger partial charge in [-0.15, -0.1) is 0 Å². The first-order valence-corrected chi connectivity index (χ1v) is 11.0. The first-order valence-electron chi connectivity index (χ1n) is 11.0. The van der Waals surface area contributed by atoms with E-state index in [-0.39, 0.29) is 0 Å². The van der Waals surface area contributed by atoms with E-state index in [0.717, 1.165) is 30.1 Å². The van der Waals surface area contributed by atoms with Gasteiger partial charge in [-0.2, -0.15) is 0 Å². The van der Waals surface area contributed by atoms with Crippen LogP contribution >= 0.6 is 0 Å². The van der Waals surface area contributed by atoms with Crippen LogP contribution in [0.5, 0.6) is 17.2 Å². The maximum absolute atomic E-state index is 5.92. The third-order valence-electron chi connectivity index (χ3n) is 6.51. The highest BCUT2D eigenvalue weighted by atomic mass is 16.5. The second kappa shape index (κ2) is 8.64. The Balaban J connectivity index is 1.19. The molecule has 0 spiro atoms. The van der Waals surface area contributed by atoms with Gasteiger partial charge in [0.1, 0.15) is 12.4 Å². The van der Waals surface area contributed by atoms with Gasteiger partial charge >= 0.3 is 0 Å². The van der Waals surface area contributed by atoms with Crippen molar-refractivity contribution < 1.29 is 14.2 Å². The lowest BCUT2D eigenvalue weighted by molar-refractivity contribution is 0.306. The maximum Gasteiger partial charge on any atom is 0.164 e. The number of hydrogen-bond acceptors (Lipinski definition) is 4. The third kappa shape index (κ3) is 4.13. The van der Waals surface area contributed by atoms with E-state index in [1.54, 1.807) is 14.2 Å². The van der Waals surface area contributed by atoms with Gasteiger partial charge in [0.15, 0.2) is 11.5 Å². The minimum absolute atomic E-state index is 0.387. The minimum Gasteiger partial charge on any atom is -0.493 e. The van der Waals surface area contributed by atoms with Crippen LogP contribution in [0.1, 0.15) is 47.1 Å². The van der Waals surface area contributed by atoms with Crippen LogP contribution in [0.2, 0.25) is 0 Å². The van der Waals surface area contributed by atoms with Crippen LogP contribution < -0.4 is 19.5 Å². The lowest BCUT2D eigenvalue weighted by atomic mass is 10.1. The van der Waals surface area contributed by atoms with Crippen LogP contribution in [0.25, 0.3) is 0 Å². The molecule has 0 heterocycles. The summed E-state index contributed by atoms with van der Waals surface area (Å²) in [6, 6.07) is 24.0. The fourth-order valence-electron chi connectivity index (χ4n) is 4.77. The van der Waals surface area contributed by atoms with Crippen molar-refractivity contribution in [1.82, 2.24) is 5.32 Å². The van der Waals surface area contributed by atoms with Crippen LogP contribution in [-0.4, -0.2) is 20.3 Å². The summed E-state index contributed by atoms with van der Waals surface area (Å²) in [5.74, 6) is 3.21. The zero-order valence-electron chi connectivity index (χ0n) is 18.1. The second-order valence-electron chi connectivity index (χ2n) is 8.42. The van der Waals surface area contributed by atoms with E-state index in [1.807, 2.05) is 24.3 Å². The molecule has 1 saturated carbocycles. The maximum atomic E-state index is 5.92. The Hall–Kier alpha value is -2.98. The average Bonchev–Trinajstić information content (AvgIpc) is 3.48. The Morgan fingerprint density at radius 3 is 2.45 bits per heavy atom. The summed E-state index contributed by atoms with van der Waals surface area (Å²) in [7, 11) is 3.42. The Bertz CT molecular complexity index is 1030. The van der Waals surface area contributed by atoms with Crippen molar-refractivity contribution in [2.75, 3.05) is 14.2 Å². The summed E-state index contributed by atoms with van der Waals surface area (Å²) < 4.78 is 17.0. The molecule has 31 heavy (non-hydrogen) atoms. The fourth-order valence-corrected chi connectivity index (χ4v) is 4.77. The molecule has 1 unspecified atom stereocenters. The van der Waals surface area contributed by atoms with Gasteiger partial charge in [-0.1, -0.05) is 48.5 Å². The first kappa shape index (κ1) is 20.0. The van der Waals surface area contributed by atoms with Gasteiger partial charge < -0.3 is 19.5 Å². The molecule has 0 bridgehead atoms. The van der Waals surface area contributed by atoms with Crippen LogP contribution in [-0.2, 0) is 13.0 Å². The Kier molecular flexibility index (Phi) is 5.56. The van der Waals surface area contributed by atoms with Gasteiger partial charge in [0.2, 0.25) is 0 Å². The van der Waals surface area contributed by atoms with Gasteiger partial charge in [0.05, 0.1) is 14.2 Å². The molecule has 3 aromatic rings. The van der Waals surface area contributed by atoms with E-state index < -0.39 is 0 Å². The normalized spacial score (nSPS) is 21.4. The summed E-state index contributed by atoms with van der Waals surface area (Å²) in [6.45, 7) is 0.600. The number of rotatable bonds is 8. The molecular weight excluding hydrogens is 386 g/mol. The standard InChI is InChI=1S/C27H29NO3/c1-29-26-15-13-21-22(27(26)30-2)12-14-24(21)28-25-16-23(25)19-8-10-20(11-9-19)31-17-18-6-4-3-5-7-18/h3-11,13,15,23-25,28H,12,14,16-17H2,1-2H3/t23-,24?,25+/m0/s1. The highest BCUT2D eigenvalue weighted by Gasteiger charge is 2.41. The van der Waals surface area contributed by atoms with E-state index >= 15 is 0 Å². The van der Waals surface area contributed by atoms with Gasteiger partial charge in [-0.3, -0.25) is 0 Å². The van der Waals surface area contributed by atoms with Gasteiger partial charge in [-0.05, 0) is 54.2 Å². The number of methoxy groups -OCH3 is 2. The summed E-state index contributed by atoms with van der Waals surface area (Å²) >= 11 is 0. The van der Waals surface area contributed by atoms with Crippen LogP contribution in [0.3, 0.4) is 0 Å². The Morgan fingerprint density at radius 1 is 0.903 bits per heavy atom. The number of nitrogens with one attached hydrogen (secondary N) is 1. The number of hydrogen-bond donors (Lipinski definition) is 1. The zero-order chi connectivity index (χ0) is 21.2. The van der Waals surface area contributed by atoms with Crippen molar-refractivity contribution >= 4 is 0 Å². The fraction of sp³-hybridized carbons (Fsp3) is 0.333. The van der Waals surface area contributed by atoms with Gasteiger partial charge in [-0.25, -0.2) is 0 Å². The molecule has 3 aromatic carbocycles. The summed E-state index contributed by atoms with van der Waals surface area (Å²) in [5.41, 5.74) is 5.21. The van der Waals surface area contributed by atoms with Crippen molar-refractivity contribution in [1.29, 1.82) is 0 Å². The van der Waals surface area contributed by atoms with Crippen molar-refractivity contribution in [3.63, 3.8) is 0 Å². The van der Waals surface area contributed by atoms with Crippen molar-refractivity contribution in [2.45, 2.75) is 43.9 Å². The van der Waals surface area contributed by atoms with Crippen molar-refractivity contribution in [3.05, 3.63) is 89.0 Å². The molecular formula is C27H29NO3. The second-order valence-corrected chi connectivity index (χ2v) is 8.42. The number of fused-ring (bicyclic) bond motifs is 1. The van der Waals surface area contributed by atoms with E-state index in [9.17, 15) is 0 Å². The number of ether oxygens (including phenoxy) is 3. The minimum atomic E-state index is 0.387. The van der Waals surface area contributed by atoms with Gasteiger partial charge in [0.25, 0.3) is 0 Å². The zero-order valence-corrected chi connectivity index (χ0v) is 18.1. The molecule has 2 aliphatic rings. The summed E-state index contributed by atoms with van der Waals surface area (Å²) in [6.07, 6.45) is 3.32. The summed E-state index contributed by atoms with van der Waals surface area (Å²) in [5, 5.41) is 3.88. The molecule has 1 N–H and O–H groups in total. The molecule has 0 amide bonds. The summed E-state index contributed by atoms with van der Waals surface area (Å²) in [4.78, 5) is 0. The Labute approximate surface area is 184 Å². The molecule has 2 aliphatic carbocycles. The molecule has 0 radical (unpaired) electrons. The topological polar surface area (TPSA) is 39.7 Å². The highest BCUT2D eigenvalue weighted by Crippen LogP contribution is 2.46. The van der Waals surface area contributed by atoms with Crippen LogP contribution in [0.15, 0.2) is 66.7 Å². The molecule has 0 aromatic heterocycles. The van der Waals surface area contributed by atoms with Crippen LogP contribution in [0, 0.1) is 0 Å². The highest BCUT2D eigenvalue weighted by molar-refractivity contribution is 5.54. The predicted octanol–water partition coefficient (Wildman–Crippen LogP) is 5.42. The lowest BCUT2D eigenvalue weighted by Gasteiger charge is -2.16. The van der Waals surface area contributed by atoms with E-state index in [2.05, 4.69) is 47.8 Å². The van der Waals surface area contributed by atoms with E-state index in [4.69, 9.17) is 14.2 Å². The molecule has 3 atom stereocenters. The van der Waals surface area contributed by atoms with E-state index in [1.165, 1.54) is 28.7 Å². The van der Waals surface area contributed by atoms with Gasteiger partial charge in [0, 0.05) is 23.6 Å².